The standard InChI is InChI=1S/C10H7BrF2N2O2/c1-2-17-10(16)5-3-6(11)7(4-14)15-8(5)9(12)13/h3,9H,2H2,1H3. The first kappa shape index (κ1) is 13.5. The van der Waals surface area contributed by atoms with Gasteiger partial charge in [-0.3, -0.25) is 0 Å². The fourth-order valence-corrected chi connectivity index (χ4v) is 1.53. The van der Waals surface area contributed by atoms with Gasteiger partial charge >= 0.3 is 5.97 Å². The molecule has 1 heterocycles. The minimum absolute atomic E-state index is 0.0686. The predicted molar refractivity (Wildman–Crippen MR) is 57.6 cm³/mol. The summed E-state index contributed by atoms with van der Waals surface area (Å²) in [6.07, 6.45) is -2.95. The summed E-state index contributed by atoms with van der Waals surface area (Å²) in [6, 6.07) is 2.76. The summed E-state index contributed by atoms with van der Waals surface area (Å²) in [6.45, 7) is 1.63. The van der Waals surface area contributed by atoms with E-state index in [4.69, 9.17) is 5.26 Å². The average molecular weight is 305 g/mol. The molecule has 1 aromatic heterocycles. The Balaban J connectivity index is 3.34. The lowest BCUT2D eigenvalue weighted by Gasteiger charge is -2.08. The molecule has 0 bridgehead atoms. The molecule has 0 N–H and O–H groups in total. The van der Waals surface area contributed by atoms with Gasteiger partial charge in [0.25, 0.3) is 6.43 Å². The number of hydrogen-bond acceptors (Lipinski definition) is 4. The van der Waals surface area contributed by atoms with E-state index in [9.17, 15) is 13.6 Å². The number of carbonyl (C=O) groups is 1. The molecule has 0 radical (unpaired) electrons. The molecule has 0 spiro atoms. The highest BCUT2D eigenvalue weighted by Crippen LogP contribution is 2.26. The van der Waals surface area contributed by atoms with Gasteiger partial charge in [-0.25, -0.2) is 18.6 Å². The fraction of sp³-hybridized carbons (Fsp3) is 0.300. The van der Waals surface area contributed by atoms with Crippen LogP contribution in [0.2, 0.25) is 0 Å². The van der Waals surface area contributed by atoms with E-state index in [-0.39, 0.29) is 22.3 Å². The molecule has 0 unspecified atom stereocenters. The molecule has 0 saturated carbocycles. The van der Waals surface area contributed by atoms with Crippen LogP contribution < -0.4 is 0 Å². The molecular weight excluding hydrogens is 298 g/mol. The maximum atomic E-state index is 12.7. The minimum Gasteiger partial charge on any atom is -0.462 e. The Morgan fingerprint density at radius 1 is 1.71 bits per heavy atom. The number of pyridine rings is 1. The van der Waals surface area contributed by atoms with Gasteiger partial charge < -0.3 is 4.74 Å². The summed E-state index contributed by atoms with van der Waals surface area (Å²) in [5.41, 5.74) is -1.29. The number of hydrogen-bond donors (Lipinski definition) is 0. The van der Waals surface area contributed by atoms with E-state index in [0.717, 1.165) is 6.07 Å². The van der Waals surface area contributed by atoms with Gasteiger partial charge in [0.2, 0.25) is 0 Å². The van der Waals surface area contributed by atoms with Crippen molar-refractivity contribution in [3.8, 4) is 6.07 Å². The molecule has 0 atom stereocenters. The van der Waals surface area contributed by atoms with Crippen LogP contribution in [-0.4, -0.2) is 17.6 Å². The normalized spacial score (nSPS) is 10.1. The summed E-state index contributed by atoms with van der Waals surface area (Å²) in [5, 5.41) is 8.65. The molecule has 0 aliphatic carbocycles. The third-order valence-corrected chi connectivity index (χ3v) is 2.42. The SMILES string of the molecule is CCOC(=O)c1cc(Br)c(C#N)nc1C(F)F. The van der Waals surface area contributed by atoms with Crippen LogP contribution in [-0.2, 0) is 4.74 Å². The zero-order valence-corrected chi connectivity index (χ0v) is 10.3. The Bertz CT molecular complexity index is 486. The minimum atomic E-state index is -2.95. The quantitative estimate of drug-likeness (QED) is 0.806. The van der Waals surface area contributed by atoms with E-state index in [0.29, 0.717) is 0 Å². The smallest absolute Gasteiger partial charge is 0.340 e. The highest BCUT2D eigenvalue weighted by Gasteiger charge is 2.23. The number of halogens is 3. The van der Waals surface area contributed by atoms with Crippen LogP contribution in [0.3, 0.4) is 0 Å². The number of aromatic nitrogens is 1. The first-order valence-electron chi connectivity index (χ1n) is 4.57. The molecule has 0 amide bonds. The van der Waals surface area contributed by atoms with E-state index in [1.54, 1.807) is 13.0 Å². The number of esters is 1. The number of ether oxygens (including phenoxy) is 1. The Kier molecular flexibility index (Phi) is 4.52. The van der Waals surface area contributed by atoms with Crippen molar-refractivity contribution < 1.29 is 18.3 Å². The van der Waals surface area contributed by atoms with Crippen molar-refractivity contribution in [3.05, 3.63) is 27.5 Å². The van der Waals surface area contributed by atoms with Crippen molar-refractivity contribution in [3.63, 3.8) is 0 Å². The fourth-order valence-electron chi connectivity index (χ4n) is 1.12. The number of carbonyl (C=O) groups excluding carboxylic acids is 1. The molecule has 1 aromatic rings. The van der Waals surface area contributed by atoms with Crippen molar-refractivity contribution in [1.82, 2.24) is 4.98 Å². The summed E-state index contributed by atoms with van der Waals surface area (Å²) >= 11 is 2.97. The van der Waals surface area contributed by atoms with Crippen LogP contribution in [0.5, 0.6) is 0 Å². The molecular formula is C10H7BrF2N2O2. The zero-order valence-electron chi connectivity index (χ0n) is 8.71. The second-order valence-electron chi connectivity index (χ2n) is 2.88. The molecule has 1 rings (SSSR count). The second-order valence-corrected chi connectivity index (χ2v) is 3.74. The van der Waals surface area contributed by atoms with Gasteiger partial charge in [0.05, 0.1) is 16.6 Å². The molecule has 0 fully saturated rings. The summed E-state index contributed by atoms with van der Waals surface area (Å²) in [4.78, 5) is 14.9. The van der Waals surface area contributed by atoms with Crippen LogP contribution in [0.15, 0.2) is 10.5 Å². The van der Waals surface area contributed by atoms with Crippen LogP contribution in [0, 0.1) is 11.3 Å². The topological polar surface area (TPSA) is 63.0 Å². The summed E-state index contributed by atoms with van der Waals surface area (Å²) in [7, 11) is 0. The number of rotatable bonds is 3. The third-order valence-electron chi connectivity index (χ3n) is 1.81. The van der Waals surface area contributed by atoms with Gasteiger partial charge in [-0.05, 0) is 28.9 Å². The molecule has 0 aliphatic rings. The Hall–Kier alpha value is -1.55. The largest absolute Gasteiger partial charge is 0.462 e. The number of alkyl halides is 2. The van der Waals surface area contributed by atoms with Crippen molar-refractivity contribution in [2.24, 2.45) is 0 Å². The lowest BCUT2D eigenvalue weighted by Crippen LogP contribution is -2.11. The predicted octanol–water partition coefficient (Wildman–Crippen LogP) is 2.83. The molecule has 7 heteroatoms. The molecule has 17 heavy (non-hydrogen) atoms. The van der Waals surface area contributed by atoms with Gasteiger partial charge in [-0.1, -0.05) is 0 Å². The van der Waals surface area contributed by atoms with Gasteiger partial charge in [-0.2, -0.15) is 5.26 Å². The van der Waals surface area contributed by atoms with E-state index in [1.165, 1.54) is 0 Å². The van der Waals surface area contributed by atoms with Crippen molar-refractivity contribution in [2.75, 3.05) is 6.61 Å². The van der Waals surface area contributed by atoms with Gasteiger partial charge in [0, 0.05) is 0 Å². The molecule has 0 saturated heterocycles. The third kappa shape index (κ3) is 2.97. The monoisotopic (exact) mass is 304 g/mol. The molecule has 90 valence electrons. The second kappa shape index (κ2) is 5.68. The van der Waals surface area contributed by atoms with Crippen LogP contribution >= 0.6 is 15.9 Å². The first-order chi connectivity index (χ1) is 8.01. The first-order valence-corrected chi connectivity index (χ1v) is 5.36. The Morgan fingerprint density at radius 3 is 2.82 bits per heavy atom. The molecule has 4 nitrogen and oxygen atoms in total. The molecule has 0 aliphatic heterocycles. The van der Waals surface area contributed by atoms with Crippen molar-refractivity contribution >= 4 is 21.9 Å². The van der Waals surface area contributed by atoms with E-state index < -0.39 is 18.1 Å². The van der Waals surface area contributed by atoms with Gasteiger partial charge in [-0.15, -0.1) is 0 Å². The van der Waals surface area contributed by atoms with Crippen LogP contribution in [0.1, 0.15) is 35.1 Å². The Morgan fingerprint density at radius 2 is 2.35 bits per heavy atom. The van der Waals surface area contributed by atoms with E-state index >= 15 is 0 Å². The van der Waals surface area contributed by atoms with Gasteiger partial charge in [0.1, 0.15) is 11.8 Å². The Labute approximate surface area is 104 Å². The van der Waals surface area contributed by atoms with Crippen molar-refractivity contribution in [1.29, 1.82) is 5.26 Å². The maximum Gasteiger partial charge on any atom is 0.340 e. The number of nitriles is 1. The van der Waals surface area contributed by atoms with Crippen LogP contribution in [0.4, 0.5) is 8.78 Å². The zero-order chi connectivity index (χ0) is 13.0. The van der Waals surface area contributed by atoms with Crippen LogP contribution in [0.25, 0.3) is 0 Å². The van der Waals surface area contributed by atoms with E-state index in [1.807, 2.05) is 0 Å². The lowest BCUT2D eigenvalue weighted by atomic mass is 10.2. The number of nitrogens with zero attached hydrogens (tertiary/aromatic N) is 2. The highest BCUT2D eigenvalue weighted by molar-refractivity contribution is 9.10. The lowest BCUT2D eigenvalue weighted by molar-refractivity contribution is 0.0513. The summed E-state index contributed by atoms with van der Waals surface area (Å²) < 4.78 is 30.2. The highest BCUT2D eigenvalue weighted by atomic mass is 79.9. The maximum absolute atomic E-state index is 12.7. The average Bonchev–Trinajstić information content (AvgIpc) is 2.28. The van der Waals surface area contributed by atoms with Crippen molar-refractivity contribution in [2.45, 2.75) is 13.3 Å². The molecule has 0 aromatic carbocycles. The van der Waals surface area contributed by atoms with Gasteiger partial charge in [0.15, 0.2) is 5.69 Å². The summed E-state index contributed by atoms with van der Waals surface area (Å²) in [5.74, 6) is -0.888. The van der Waals surface area contributed by atoms with E-state index in [2.05, 4.69) is 25.7 Å².